The molecule has 1 fully saturated rings. The number of nitrogens with zero attached hydrogens (tertiary/aromatic N) is 2. The van der Waals surface area contributed by atoms with Gasteiger partial charge in [0.25, 0.3) is 5.71 Å². The normalized spacial score (nSPS) is 15.0. The van der Waals surface area contributed by atoms with E-state index in [4.69, 9.17) is 9.26 Å². The van der Waals surface area contributed by atoms with Gasteiger partial charge in [-0.15, -0.1) is 0 Å². The van der Waals surface area contributed by atoms with Crippen LogP contribution in [0.5, 0.6) is 5.75 Å². The third kappa shape index (κ3) is 2.50. The van der Waals surface area contributed by atoms with Crippen molar-refractivity contribution in [1.82, 2.24) is 10.1 Å². The molecular formula is C17H13F3N2O2. The van der Waals surface area contributed by atoms with Gasteiger partial charge in [0.1, 0.15) is 5.75 Å². The van der Waals surface area contributed by atoms with Gasteiger partial charge in [-0.05, 0) is 31.0 Å². The molecule has 1 aromatic carbocycles. The largest absolute Gasteiger partial charge is 0.497 e. The summed E-state index contributed by atoms with van der Waals surface area (Å²) in [4.78, 5) is 4.24. The number of fused-ring (bicyclic) bond motifs is 1. The Morgan fingerprint density at radius 1 is 1.21 bits per heavy atom. The molecule has 0 unspecified atom stereocenters. The first-order valence-corrected chi connectivity index (χ1v) is 7.49. The van der Waals surface area contributed by atoms with Gasteiger partial charge in [0.05, 0.1) is 29.4 Å². The van der Waals surface area contributed by atoms with Gasteiger partial charge in [-0.25, -0.2) is 4.98 Å². The number of benzene rings is 1. The first-order valence-electron chi connectivity index (χ1n) is 7.49. The van der Waals surface area contributed by atoms with Gasteiger partial charge in [0.2, 0.25) is 0 Å². The molecule has 0 bridgehead atoms. The lowest BCUT2D eigenvalue weighted by molar-refractivity contribution is -0.136. The lowest BCUT2D eigenvalue weighted by Crippen LogP contribution is -2.07. The molecule has 1 aliphatic carbocycles. The summed E-state index contributed by atoms with van der Waals surface area (Å²) in [6.07, 6.45) is -2.85. The lowest BCUT2D eigenvalue weighted by Gasteiger charge is -2.11. The van der Waals surface area contributed by atoms with Crippen LogP contribution in [0.25, 0.3) is 22.4 Å². The Labute approximate surface area is 135 Å². The highest BCUT2D eigenvalue weighted by molar-refractivity contribution is 5.84. The Balaban J connectivity index is 1.95. The fourth-order valence-corrected chi connectivity index (χ4v) is 2.76. The van der Waals surface area contributed by atoms with Crippen molar-refractivity contribution in [1.29, 1.82) is 0 Å². The zero-order valence-electron chi connectivity index (χ0n) is 12.7. The summed E-state index contributed by atoms with van der Waals surface area (Å²) >= 11 is 0. The van der Waals surface area contributed by atoms with Gasteiger partial charge in [-0.1, -0.05) is 17.3 Å². The molecule has 1 saturated carbocycles. The van der Waals surface area contributed by atoms with Crippen LogP contribution in [0.4, 0.5) is 13.2 Å². The minimum Gasteiger partial charge on any atom is -0.497 e. The van der Waals surface area contributed by atoms with E-state index in [2.05, 4.69) is 10.1 Å². The number of aromatic nitrogens is 2. The second-order valence-electron chi connectivity index (χ2n) is 5.81. The van der Waals surface area contributed by atoms with Gasteiger partial charge in [0, 0.05) is 11.5 Å². The van der Waals surface area contributed by atoms with E-state index in [1.165, 1.54) is 7.11 Å². The zero-order valence-corrected chi connectivity index (χ0v) is 12.7. The number of ether oxygens (including phenoxy) is 1. The molecular weight excluding hydrogens is 321 g/mol. The highest BCUT2D eigenvalue weighted by atomic mass is 19.4. The SMILES string of the molecule is COc1cccc(-c2cc(C(F)(F)F)c3c(C4CC4)noc3n2)c1. The standard InChI is InChI=1S/C17H13F3N2O2/c1-23-11-4-2-3-10(7-11)13-8-12(17(18,19)20)14-15(9-5-6-9)22-24-16(14)21-13/h2-4,7-9H,5-6H2,1H3. The van der Waals surface area contributed by atoms with Gasteiger partial charge < -0.3 is 9.26 Å². The topological polar surface area (TPSA) is 48.2 Å². The molecule has 3 aromatic rings. The van der Waals surface area contributed by atoms with Gasteiger partial charge in [-0.2, -0.15) is 13.2 Å². The van der Waals surface area contributed by atoms with Crippen molar-refractivity contribution in [3.63, 3.8) is 0 Å². The van der Waals surface area contributed by atoms with E-state index in [0.29, 0.717) is 17.0 Å². The minimum atomic E-state index is -4.51. The van der Waals surface area contributed by atoms with Crippen LogP contribution < -0.4 is 4.74 Å². The summed E-state index contributed by atoms with van der Waals surface area (Å²) in [5.41, 5.74) is 0.221. The van der Waals surface area contributed by atoms with E-state index < -0.39 is 11.7 Å². The van der Waals surface area contributed by atoms with E-state index >= 15 is 0 Å². The predicted molar refractivity (Wildman–Crippen MR) is 80.8 cm³/mol. The van der Waals surface area contributed by atoms with E-state index in [9.17, 15) is 13.2 Å². The van der Waals surface area contributed by atoms with E-state index in [0.717, 1.165) is 18.9 Å². The third-order valence-electron chi connectivity index (χ3n) is 4.11. The van der Waals surface area contributed by atoms with Gasteiger partial charge in [-0.3, -0.25) is 0 Å². The summed E-state index contributed by atoms with van der Waals surface area (Å²) in [7, 11) is 1.50. The quantitative estimate of drug-likeness (QED) is 0.691. The monoisotopic (exact) mass is 334 g/mol. The van der Waals surface area contributed by atoms with Crippen molar-refractivity contribution in [2.24, 2.45) is 0 Å². The number of halogens is 3. The number of methoxy groups -OCH3 is 1. The summed E-state index contributed by atoms with van der Waals surface area (Å²) in [5, 5.41) is 3.82. The smallest absolute Gasteiger partial charge is 0.417 e. The van der Waals surface area contributed by atoms with Crippen molar-refractivity contribution in [2.75, 3.05) is 7.11 Å². The number of alkyl halides is 3. The Hall–Kier alpha value is -2.57. The second kappa shape index (κ2) is 5.22. The van der Waals surface area contributed by atoms with Crippen LogP contribution in [0, 0.1) is 0 Å². The molecule has 0 atom stereocenters. The summed E-state index contributed by atoms with van der Waals surface area (Å²) in [5.74, 6) is 0.580. The first-order chi connectivity index (χ1) is 11.5. The number of hydrogen-bond acceptors (Lipinski definition) is 4. The van der Waals surface area contributed by atoms with Crippen molar-refractivity contribution in [2.45, 2.75) is 24.9 Å². The Morgan fingerprint density at radius 2 is 2.00 bits per heavy atom. The summed E-state index contributed by atoms with van der Waals surface area (Å²) in [6.45, 7) is 0. The first kappa shape index (κ1) is 15.0. The highest BCUT2D eigenvalue weighted by Gasteiger charge is 2.39. The van der Waals surface area contributed by atoms with Gasteiger partial charge in [0.15, 0.2) is 0 Å². The number of pyridine rings is 1. The predicted octanol–water partition coefficient (Wildman–Crippen LogP) is 4.79. The van der Waals surface area contributed by atoms with Crippen LogP contribution >= 0.6 is 0 Å². The molecule has 124 valence electrons. The fourth-order valence-electron chi connectivity index (χ4n) is 2.76. The molecule has 2 aromatic heterocycles. The van der Waals surface area contributed by atoms with Crippen LogP contribution in [-0.4, -0.2) is 17.3 Å². The molecule has 4 nitrogen and oxygen atoms in total. The molecule has 2 heterocycles. The van der Waals surface area contributed by atoms with Crippen LogP contribution in [0.2, 0.25) is 0 Å². The van der Waals surface area contributed by atoms with Crippen LogP contribution in [0.15, 0.2) is 34.9 Å². The van der Waals surface area contributed by atoms with Crippen molar-refractivity contribution < 1.29 is 22.4 Å². The average Bonchev–Trinajstić information content (AvgIpc) is 3.32. The Morgan fingerprint density at radius 3 is 2.67 bits per heavy atom. The van der Waals surface area contributed by atoms with Crippen LogP contribution in [-0.2, 0) is 6.18 Å². The maximum atomic E-state index is 13.6. The molecule has 0 N–H and O–H groups in total. The summed E-state index contributed by atoms with van der Waals surface area (Å²) in [6, 6.07) is 7.78. The highest BCUT2D eigenvalue weighted by Crippen LogP contribution is 2.46. The minimum absolute atomic E-state index is 0.0170. The Bertz CT molecular complexity index is 914. The van der Waals surface area contributed by atoms with E-state index in [1.807, 2.05) is 0 Å². The third-order valence-corrected chi connectivity index (χ3v) is 4.11. The van der Waals surface area contributed by atoms with Crippen molar-refractivity contribution in [3.05, 3.63) is 41.6 Å². The molecule has 7 heteroatoms. The Kier molecular flexibility index (Phi) is 3.26. The molecule has 0 radical (unpaired) electrons. The van der Waals surface area contributed by atoms with Crippen LogP contribution in [0.3, 0.4) is 0 Å². The second-order valence-corrected chi connectivity index (χ2v) is 5.81. The van der Waals surface area contributed by atoms with E-state index in [-0.39, 0.29) is 22.7 Å². The molecule has 0 saturated heterocycles. The maximum absolute atomic E-state index is 13.6. The van der Waals surface area contributed by atoms with Gasteiger partial charge >= 0.3 is 6.18 Å². The van der Waals surface area contributed by atoms with Crippen molar-refractivity contribution >= 4 is 11.1 Å². The maximum Gasteiger partial charge on any atom is 0.417 e. The molecule has 1 aliphatic rings. The molecule has 0 amide bonds. The van der Waals surface area contributed by atoms with Crippen LogP contribution in [0.1, 0.15) is 30.0 Å². The molecule has 0 aliphatic heterocycles. The molecule has 24 heavy (non-hydrogen) atoms. The lowest BCUT2D eigenvalue weighted by atomic mass is 10.0. The zero-order chi connectivity index (χ0) is 16.9. The number of rotatable bonds is 3. The molecule has 4 rings (SSSR count). The van der Waals surface area contributed by atoms with Crippen molar-refractivity contribution in [3.8, 4) is 17.0 Å². The summed E-state index contributed by atoms with van der Waals surface area (Å²) < 4.78 is 51.0. The average molecular weight is 334 g/mol. The fraction of sp³-hybridized carbons (Fsp3) is 0.294. The number of hydrogen-bond donors (Lipinski definition) is 0. The van der Waals surface area contributed by atoms with E-state index in [1.54, 1.807) is 24.3 Å². The molecule has 0 spiro atoms.